The molecular formula is C13H18N4OS. The van der Waals surface area contributed by atoms with Gasteiger partial charge in [-0.2, -0.15) is 0 Å². The molecule has 0 spiro atoms. The van der Waals surface area contributed by atoms with Gasteiger partial charge in [0.15, 0.2) is 5.13 Å². The van der Waals surface area contributed by atoms with Crippen LogP contribution in [0.25, 0.3) is 0 Å². The van der Waals surface area contributed by atoms with Crippen molar-refractivity contribution in [3.63, 3.8) is 0 Å². The first-order valence-corrected chi connectivity index (χ1v) is 7.15. The summed E-state index contributed by atoms with van der Waals surface area (Å²) in [5, 5.41) is 4.15. The Morgan fingerprint density at radius 2 is 2.21 bits per heavy atom. The smallest absolute Gasteiger partial charge is 0.254 e. The minimum absolute atomic E-state index is 0.0125. The summed E-state index contributed by atoms with van der Waals surface area (Å²) in [4.78, 5) is 21.6. The number of nitrogens with zero attached hydrogens (tertiary/aromatic N) is 3. The van der Waals surface area contributed by atoms with Gasteiger partial charge in [0, 0.05) is 29.4 Å². The highest BCUT2D eigenvalue weighted by atomic mass is 32.1. The van der Waals surface area contributed by atoms with Gasteiger partial charge in [0.25, 0.3) is 5.56 Å². The van der Waals surface area contributed by atoms with Crippen LogP contribution in [0.4, 0.5) is 5.13 Å². The molecule has 0 radical (unpaired) electrons. The molecule has 5 nitrogen and oxygen atoms in total. The third-order valence-electron chi connectivity index (χ3n) is 2.72. The number of thiazole rings is 1. The van der Waals surface area contributed by atoms with E-state index in [4.69, 9.17) is 0 Å². The second-order valence-corrected chi connectivity index (χ2v) is 5.54. The van der Waals surface area contributed by atoms with Crippen molar-refractivity contribution in [1.82, 2.24) is 14.5 Å². The summed E-state index contributed by atoms with van der Waals surface area (Å²) < 4.78 is 1.67. The highest BCUT2D eigenvalue weighted by Gasteiger charge is 2.07. The summed E-state index contributed by atoms with van der Waals surface area (Å²) in [5.74, 6) is 0.737. The first-order valence-electron chi connectivity index (χ1n) is 6.34. The van der Waals surface area contributed by atoms with Crippen LogP contribution in [0.5, 0.6) is 0 Å². The maximum absolute atomic E-state index is 11.9. The van der Waals surface area contributed by atoms with Gasteiger partial charge < -0.3 is 5.32 Å². The lowest BCUT2D eigenvalue weighted by Crippen LogP contribution is -2.23. The molecule has 0 aliphatic rings. The Hall–Kier alpha value is -1.69. The van der Waals surface area contributed by atoms with Gasteiger partial charge in [0.1, 0.15) is 5.82 Å². The molecular weight excluding hydrogens is 260 g/mol. The van der Waals surface area contributed by atoms with Gasteiger partial charge in [-0.05, 0) is 20.3 Å². The van der Waals surface area contributed by atoms with Crippen LogP contribution < -0.4 is 10.9 Å². The zero-order valence-electron chi connectivity index (χ0n) is 11.4. The molecule has 2 rings (SSSR count). The minimum atomic E-state index is -0.0125. The fourth-order valence-electron chi connectivity index (χ4n) is 1.81. The molecule has 102 valence electrons. The number of nitrogens with one attached hydrogen (secondary N) is 1. The van der Waals surface area contributed by atoms with E-state index in [1.165, 1.54) is 0 Å². The molecule has 0 saturated carbocycles. The fraction of sp³-hybridized carbons (Fsp3) is 0.462. The number of aromatic nitrogens is 3. The Balaban J connectivity index is 2.17. The summed E-state index contributed by atoms with van der Waals surface area (Å²) in [6, 6.07) is 1.56. The number of anilines is 1. The summed E-state index contributed by atoms with van der Waals surface area (Å²) in [6.45, 7) is 7.24. The Morgan fingerprint density at radius 3 is 2.89 bits per heavy atom. The van der Waals surface area contributed by atoms with Crippen molar-refractivity contribution in [3.8, 4) is 0 Å². The minimum Gasteiger partial charge on any atom is -0.362 e. The van der Waals surface area contributed by atoms with Crippen LogP contribution >= 0.6 is 11.3 Å². The predicted molar refractivity (Wildman–Crippen MR) is 78.0 cm³/mol. The molecule has 0 aliphatic carbocycles. The van der Waals surface area contributed by atoms with Crippen molar-refractivity contribution >= 4 is 16.5 Å². The Labute approximate surface area is 116 Å². The summed E-state index contributed by atoms with van der Waals surface area (Å²) >= 11 is 1.58. The Morgan fingerprint density at radius 1 is 1.42 bits per heavy atom. The molecule has 2 aromatic rings. The second kappa shape index (κ2) is 5.97. The van der Waals surface area contributed by atoms with Crippen molar-refractivity contribution in [3.05, 3.63) is 39.0 Å². The highest BCUT2D eigenvalue weighted by Crippen LogP contribution is 2.18. The van der Waals surface area contributed by atoms with E-state index >= 15 is 0 Å². The molecule has 0 unspecified atom stereocenters. The average Bonchev–Trinajstić information content (AvgIpc) is 2.79. The number of aryl methyl sites for hydroxylation is 2. The van der Waals surface area contributed by atoms with Crippen molar-refractivity contribution in [2.75, 3.05) is 11.9 Å². The first kappa shape index (κ1) is 13.7. The van der Waals surface area contributed by atoms with E-state index < -0.39 is 0 Å². The van der Waals surface area contributed by atoms with Crippen molar-refractivity contribution in [2.45, 2.75) is 33.7 Å². The molecule has 6 heteroatoms. The topological polar surface area (TPSA) is 59.8 Å². The van der Waals surface area contributed by atoms with Gasteiger partial charge in [-0.1, -0.05) is 6.92 Å². The van der Waals surface area contributed by atoms with Crippen LogP contribution in [0.2, 0.25) is 0 Å². The number of hydrogen-bond donors (Lipinski definition) is 1. The van der Waals surface area contributed by atoms with Crippen molar-refractivity contribution in [2.24, 2.45) is 0 Å². The van der Waals surface area contributed by atoms with Gasteiger partial charge in [0.05, 0.1) is 6.54 Å². The molecule has 0 aromatic carbocycles. The third-order valence-corrected chi connectivity index (χ3v) is 3.66. The molecule has 0 bridgehead atoms. The largest absolute Gasteiger partial charge is 0.362 e. The third kappa shape index (κ3) is 3.41. The fourth-order valence-corrected chi connectivity index (χ4v) is 2.63. The molecule has 1 N–H and O–H groups in total. The van der Waals surface area contributed by atoms with E-state index in [-0.39, 0.29) is 5.56 Å². The first-order chi connectivity index (χ1) is 9.10. The van der Waals surface area contributed by atoms with E-state index in [0.717, 1.165) is 34.5 Å². The van der Waals surface area contributed by atoms with E-state index in [1.54, 1.807) is 22.0 Å². The molecule has 0 fully saturated rings. The van der Waals surface area contributed by atoms with Crippen molar-refractivity contribution < 1.29 is 0 Å². The monoisotopic (exact) mass is 278 g/mol. The molecule has 19 heavy (non-hydrogen) atoms. The standard InChI is InChI=1S/C13H18N4OS/c1-4-5-14-13-15-7-11(19-13)8-17-10(3)16-9(2)6-12(17)18/h6-7H,4-5,8H2,1-3H3,(H,14,15). The lowest BCUT2D eigenvalue weighted by atomic mass is 10.4. The van der Waals surface area contributed by atoms with Gasteiger partial charge in [0.2, 0.25) is 0 Å². The SMILES string of the molecule is CCCNc1ncc(Cn2c(C)nc(C)cc2=O)s1. The lowest BCUT2D eigenvalue weighted by molar-refractivity contribution is 0.700. The van der Waals surface area contributed by atoms with Crippen LogP contribution in [-0.4, -0.2) is 21.1 Å². The number of hydrogen-bond acceptors (Lipinski definition) is 5. The number of rotatable bonds is 5. The van der Waals surface area contributed by atoms with Gasteiger partial charge in [-0.25, -0.2) is 9.97 Å². The Kier molecular flexibility index (Phi) is 4.31. The second-order valence-electron chi connectivity index (χ2n) is 4.43. The molecule has 0 amide bonds. The maximum Gasteiger partial charge on any atom is 0.254 e. The summed E-state index contributed by atoms with van der Waals surface area (Å²) in [7, 11) is 0. The van der Waals surface area contributed by atoms with Crippen molar-refractivity contribution in [1.29, 1.82) is 0 Å². The zero-order chi connectivity index (χ0) is 13.8. The normalized spacial score (nSPS) is 10.7. The van der Waals surface area contributed by atoms with Crippen LogP contribution in [0, 0.1) is 13.8 Å². The van der Waals surface area contributed by atoms with Gasteiger partial charge >= 0.3 is 0 Å². The molecule has 0 saturated heterocycles. The average molecular weight is 278 g/mol. The summed E-state index contributed by atoms with van der Waals surface area (Å²) in [6.07, 6.45) is 2.88. The molecule has 0 atom stereocenters. The lowest BCUT2D eigenvalue weighted by Gasteiger charge is -2.07. The van der Waals surface area contributed by atoms with Crippen LogP contribution in [-0.2, 0) is 6.54 Å². The Bertz CT molecular complexity index is 617. The zero-order valence-corrected chi connectivity index (χ0v) is 12.3. The molecule has 2 aromatic heterocycles. The quantitative estimate of drug-likeness (QED) is 0.910. The summed E-state index contributed by atoms with van der Waals surface area (Å²) in [5.41, 5.74) is 0.745. The van der Waals surface area contributed by atoms with Crippen LogP contribution in [0.3, 0.4) is 0 Å². The van der Waals surface area contributed by atoms with E-state index in [0.29, 0.717) is 6.54 Å². The van der Waals surface area contributed by atoms with E-state index in [9.17, 15) is 4.79 Å². The van der Waals surface area contributed by atoms with Crippen LogP contribution in [0.1, 0.15) is 29.7 Å². The van der Waals surface area contributed by atoms with E-state index in [1.807, 2.05) is 20.0 Å². The van der Waals surface area contributed by atoms with Gasteiger partial charge in [-0.15, -0.1) is 11.3 Å². The van der Waals surface area contributed by atoms with E-state index in [2.05, 4.69) is 22.2 Å². The highest BCUT2D eigenvalue weighted by molar-refractivity contribution is 7.15. The van der Waals surface area contributed by atoms with Gasteiger partial charge in [-0.3, -0.25) is 9.36 Å². The molecule has 2 heterocycles. The maximum atomic E-state index is 11.9. The van der Waals surface area contributed by atoms with Crippen LogP contribution in [0.15, 0.2) is 17.1 Å². The predicted octanol–water partition coefficient (Wildman–Crippen LogP) is 2.19. The molecule has 0 aliphatic heterocycles.